The summed E-state index contributed by atoms with van der Waals surface area (Å²) in [7, 11) is 0. The number of hydrogen-bond acceptors (Lipinski definition) is 4. The van der Waals surface area contributed by atoms with Crippen LogP contribution in [-0.2, 0) is 6.42 Å². The molecular weight excluding hydrogens is 358 g/mol. The summed E-state index contributed by atoms with van der Waals surface area (Å²) in [4.78, 5) is 22.8. The van der Waals surface area contributed by atoms with Gasteiger partial charge < -0.3 is 20.5 Å². The van der Waals surface area contributed by atoms with Crippen molar-refractivity contribution in [2.24, 2.45) is 0 Å². The van der Waals surface area contributed by atoms with E-state index in [0.29, 0.717) is 0 Å². The Labute approximate surface area is 164 Å². The lowest BCUT2D eigenvalue weighted by atomic mass is 10.0. The molecule has 27 heavy (non-hydrogen) atoms. The number of urea groups is 1. The van der Waals surface area contributed by atoms with Gasteiger partial charge in [0.15, 0.2) is 0 Å². The van der Waals surface area contributed by atoms with E-state index >= 15 is 0 Å². The first-order valence-electron chi connectivity index (χ1n) is 10.1. The molecule has 0 spiro atoms. The zero-order valence-corrected chi connectivity index (χ0v) is 16.8. The number of aromatic nitrogens is 2. The number of imidazole rings is 1. The normalized spacial score (nSPS) is 20.0. The van der Waals surface area contributed by atoms with E-state index in [4.69, 9.17) is 0 Å². The van der Waals surface area contributed by atoms with Crippen LogP contribution in [0.15, 0.2) is 18.2 Å². The van der Waals surface area contributed by atoms with E-state index in [2.05, 4.69) is 44.2 Å². The van der Waals surface area contributed by atoms with Crippen molar-refractivity contribution in [3.8, 4) is 0 Å². The first-order chi connectivity index (χ1) is 13.2. The summed E-state index contributed by atoms with van der Waals surface area (Å²) in [5.74, 6) is 3.56. The molecule has 2 saturated heterocycles. The van der Waals surface area contributed by atoms with Gasteiger partial charge in [-0.2, -0.15) is 11.8 Å². The van der Waals surface area contributed by atoms with E-state index in [1.165, 1.54) is 24.3 Å². The number of thioether (sulfide) groups is 1. The molecule has 2 aromatic rings. The average molecular weight is 388 g/mol. The highest BCUT2D eigenvalue weighted by Crippen LogP contribution is 2.24. The summed E-state index contributed by atoms with van der Waals surface area (Å²) >= 11 is 2.08. The van der Waals surface area contributed by atoms with Crippen molar-refractivity contribution in [1.82, 2.24) is 20.2 Å². The molecule has 0 bridgehead atoms. The Balaban J connectivity index is 1.27. The maximum atomic E-state index is 12.4. The van der Waals surface area contributed by atoms with Gasteiger partial charge in [0.2, 0.25) is 0 Å². The summed E-state index contributed by atoms with van der Waals surface area (Å²) in [5, 5.41) is 6.12. The average Bonchev–Trinajstić information content (AvgIpc) is 3.12. The van der Waals surface area contributed by atoms with Crippen molar-refractivity contribution in [3.63, 3.8) is 0 Å². The number of rotatable bonds is 4. The number of amides is 2. The van der Waals surface area contributed by atoms with E-state index < -0.39 is 0 Å². The van der Waals surface area contributed by atoms with Gasteiger partial charge in [0.25, 0.3) is 0 Å². The zero-order chi connectivity index (χ0) is 18.6. The third kappa shape index (κ3) is 4.58. The highest BCUT2D eigenvalue weighted by molar-refractivity contribution is 7.99. The zero-order valence-electron chi connectivity index (χ0n) is 16.0. The van der Waals surface area contributed by atoms with Crippen LogP contribution in [0.1, 0.15) is 38.4 Å². The van der Waals surface area contributed by atoms with E-state index in [1.807, 2.05) is 18.2 Å². The summed E-state index contributed by atoms with van der Waals surface area (Å²) < 4.78 is 0. The number of aromatic amines is 1. The lowest BCUT2D eigenvalue weighted by molar-refractivity contribution is 0.138. The third-order valence-electron chi connectivity index (χ3n) is 5.70. The molecule has 2 aliphatic rings. The van der Waals surface area contributed by atoms with Gasteiger partial charge in [0, 0.05) is 37.3 Å². The van der Waals surface area contributed by atoms with Crippen molar-refractivity contribution < 1.29 is 4.79 Å². The highest BCUT2D eigenvalue weighted by Gasteiger charge is 2.26. The van der Waals surface area contributed by atoms with Crippen LogP contribution in [-0.4, -0.2) is 57.6 Å². The minimum Gasteiger partial charge on any atom is -0.342 e. The van der Waals surface area contributed by atoms with Gasteiger partial charge in [-0.25, -0.2) is 9.78 Å². The number of fused-ring (bicyclic) bond motifs is 1. The van der Waals surface area contributed by atoms with E-state index in [0.717, 1.165) is 60.9 Å². The molecule has 0 radical (unpaired) electrons. The highest BCUT2D eigenvalue weighted by atomic mass is 32.2. The molecule has 0 unspecified atom stereocenters. The molecule has 2 fully saturated rings. The quantitative estimate of drug-likeness (QED) is 0.749. The molecule has 1 aromatic carbocycles. The Morgan fingerprint density at radius 1 is 1.26 bits per heavy atom. The number of likely N-dealkylation sites (tertiary alicyclic amines) is 1. The summed E-state index contributed by atoms with van der Waals surface area (Å²) in [5.41, 5.74) is 2.69. The maximum Gasteiger partial charge on any atom is 0.319 e. The molecule has 0 aliphatic carbocycles. The number of nitrogens with one attached hydrogen (secondary N) is 3. The first-order valence-corrected chi connectivity index (χ1v) is 11.2. The Kier molecular flexibility index (Phi) is 5.88. The van der Waals surface area contributed by atoms with Gasteiger partial charge in [0.1, 0.15) is 5.82 Å². The number of piperidine rings is 1. The number of hydrogen-bond donors (Lipinski definition) is 3. The van der Waals surface area contributed by atoms with Crippen molar-refractivity contribution in [2.75, 3.05) is 29.9 Å². The third-order valence-corrected chi connectivity index (χ3v) is 6.74. The fourth-order valence-electron chi connectivity index (χ4n) is 4.12. The lowest BCUT2D eigenvalue weighted by Crippen LogP contribution is -2.49. The van der Waals surface area contributed by atoms with Crippen molar-refractivity contribution in [2.45, 2.75) is 51.1 Å². The summed E-state index contributed by atoms with van der Waals surface area (Å²) in [6.07, 6.45) is 5.58. The largest absolute Gasteiger partial charge is 0.342 e. The number of benzene rings is 1. The van der Waals surface area contributed by atoms with E-state index in [9.17, 15) is 4.79 Å². The van der Waals surface area contributed by atoms with Gasteiger partial charge in [0.05, 0.1) is 11.0 Å². The Morgan fingerprint density at radius 3 is 2.78 bits per heavy atom. The molecular formula is C20H29N5OS. The van der Waals surface area contributed by atoms with Crippen LogP contribution in [0.2, 0.25) is 0 Å². The number of H-pyrrole nitrogens is 1. The lowest BCUT2D eigenvalue weighted by Gasteiger charge is -2.39. The molecule has 1 aromatic heterocycles. The van der Waals surface area contributed by atoms with Crippen LogP contribution in [0.25, 0.3) is 11.0 Å². The molecule has 146 valence electrons. The number of anilines is 1. The fourth-order valence-corrected chi connectivity index (χ4v) is 5.20. The Bertz CT molecular complexity index is 778. The molecule has 4 rings (SSSR count). The van der Waals surface area contributed by atoms with E-state index in [1.54, 1.807) is 0 Å². The second kappa shape index (κ2) is 8.52. The monoisotopic (exact) mass is 387 g/mol. The van der Waals surface area contributed by atoms with Gasteiger partial charge >= 0.3 is 6.03 Å². The Morgan fingerprint density at radius 2 is 2.04 bits per heavy atom. The van der Waals surface area contributed by atoms with Gasteiger partial charge in [-0.1, -0.05) is 6.92 Å². The van der Waals surface area contributed by atoms with Gasteiger partial charge in [-0.3, -0.25) is 0 Å². The van der Waals surface area contributed by atoms with Crippen molar-refractivity contribution >= 4 is 34.5 Å². The summed E-state index contributed by atoms with van der Waals surface area (Å²) in [6, 6.07) is 6.71. The van der Waals surface area contributed by atoms with E-state index in [-0.39, 0.29) is 12.1 Å². The molecule has 3 N–H and O–H groups in total. The minimum absolute atomic E-state index is 0.114. The molecule has 7 heteroatoms. The predicted molar refractivity (Wildman–Crippen MR) is 113 cm³/mol. The second-order valence-electron chi connectivity index (χ2n) is 7.52. The van der Waals surface area contributed by atoms with Crippen molar-refractivity contribution in [3.05, 3.63) is 24.0 Å². The molecule has 2 aliphatic heterocycles. The number of carbonyl (C=O) groups excluding carboxylic acids is 1. The van der Waals surface area contributed by atoms with Crippen LogP contribution in [0, 0.1) is 0 Å². The standard InChI is InChI=1S/C20H29N5OS/c1-2-19-23-17-4-3-15(13-18(17)24-19)22-20(26)21-14-5-9-25(10-6-14)16-7-11-27-12-8-16/h3-4,13-14,16H,2,5-12H2,1H3,(H,23,24)(H2,21,22,26). The maximum absolute atomic E-state index is 12.4. The first kappa shape index (κ1) is 18.6. The number of nitrogens with zero attached hydrogens (tertiary/aromatic N) is 2. The van der Waals surface area contributed by atoms with Crippen molar-refractivity contribution in [1.29, 1.82) is 0 Å². The molecule has 3 heterocycles. The Hall–Kier alpha value is -1.73. The van der Waals surface area contributed by atoms with Crippen LogP contribution >= 0.6 is 11.8 Å². The minimum atomic E-state index is -0.114. The van der Waals surface area contributed by atoms with Gasteiger partial charge in [-0.15, -0.1) is 0 Å². The van der Waals surface area contributed by atoms with Crippen LogP contribution < -0.4 is 10.6 Å². The van der Waals surface area contributed by atoms with Crippen LogP contribution in [0.4, 0.5) is 10.5 Å². The van der Waals surface area contributed by atoms with Crippen LogP contribution in [0.5, 0.6) is 0 Å². The molecule has 2 amide bonds. The fraction of sp³-hybridized carbons (Fsp3) is 0.600. The number of carbonyl (C=O) groups is 1. The molecule has 0 atom stereocenters. The number of aryl methyl sites for hydroxylation is 1. The van der Waals surface area contributed by atoms with Gasteiger partial charge in [-0.05, 0) is 55.4 Å². The second-order valence-corrected chi connectivity index (χ2v) is 8.75. The predicted octanol–water partition coefficient (Wildman–Crippen LogP) is 3.61. The summed E-state index contributed by atoms with van der Waals surface area (Å²) in [6.45, 7) is 4.27. The topological polar surface area (TPSA) is 73.1 Å². The molecule has 0 saturated carbocycles. The molecule has 6 nitrogen and oxygen atoms in total. The van der Waals surface area contributed by atoms with Crippen LogP contribution in [0.3, 0.4) is 0 Å². The SMILES string of the molecule is CCc1nc2ccc(NC(=O)NC3CCN(C4CCSCC4)CC3)cc2[nH]1. The smallest absolute Gasteiger partial charge is 0.319 e.